The number of hydrogen-bond donors (Lipinski definition) is 3. The molecule has 1 aliphatic heterocycles. The number of carbonyl (C=O) groups is 2. The zero-order valence-electron chi connectivity index (χ0n) is 13.2. The summed E-state index contributed by atoms with van der Waals surface area (Å²) in [5, 5.41) is 19.7. The van der Waals surface area contributed by atoms with Gasteiger partial charge in [0, 0.05) is 18.2 Å². The fourth-order valence-corrected chi connectivity index (χ4v) is 3.40. The summed E-state index contributed by atoms with van der Waals surface area (Å²) in [4.78, 5) is 34.8. The molecule has 2 aliphatic rings. The summed E-state index contributed by atoms with van der Waals surface area (Å²) >= 11 is 0. The van der Waals surface area contributed by atoms with Gasteiger partial charge in [-0.25, -0.2) is 0 Å². The van der Waals surface area contributed by atoms with Crippen molar-refractivity contribution in [1.82, 2.24) is 10.6 Å². The second kappa shape index (κ2) is 6.96. The van der Waals surface area contributed by atoms with E-state index in [0.29, 0.717) is 0 Å². The van der Waals surface area contributed by atoms with Crippen molar-refractivity contribution in [3.63, 3.8) is 0 Å². The summed E-state index contributed by atoms with van der Waals surface area (Å²) in [6, 6.07) is 5.68. The molecule has 128 valence electrons. The van der Waals surface area contributed by atoms with Crippen LogP contribution in [0.1, 0.15) is 32.1 Å². The molecular weight excluding hydrogens is 312 g/mol. The van der Waals surface area contributed by atoms with Crippen LogP contribution in [-0.4, -0.2) is 34.9 Å². The molecule has 3 atom stereocenters. The predicted octanol–water partition coefficient (Wildman–Crippen LogP) is 1.32. The summed E-state index contributed by atoms with van der Waals surface area (Å²) in [5.74, 6) is -0.609. The van der Waals surface area contributed by atoms with Gasteiger partial charge in [0.25, 0.3) is 5.69 Å². The average molecular weight is 332 g/mol. The lowest BCUT2D eigenvalue weighted by Gasteiger charge is -2.40. The number of nitrogens with one attached hydrogen (secondary N) is 3. The molecule has 0 aromatic heterocycles. The van der Waals surface area contributed by atoms with Gasteiger partial charge in [0.05, 0.1) is 17.4 Å². The Morgan fingerprint density at radius 2 is 1.96 bits per heavy atom. The minimum atomic E-state index is -0.605. The Bertz CT molecular complexity index is 663. The third kappa shape index (κ3) is 3.53. The summed E-state index contributed by atoms with van der Waals surface area (Å²) in [5.41, 5.74) is -0.0292. The standard InChI is InChI=1S/C16H20N4O4/c21-15(18-12-7-3-4-8-14(12)20(23)24)9-13-16(22)19-11-6-2-1-5-10(11)17-13/h3-4,7-8,10-11,13,17H,1-2,5-6,9H2,(H,18,21)(H,19,22)/t10-,11+,13-/m0/s1. The first-order chi connectivity index (χ1) is 11.5. The second-order valence-electron chi connectivity index (χ2n) is 6.25. The van der Waals surface area contributed by atoms with E-state index in [2.05, 4.69) is 16.0 Å². The van der Waals surface area contributed by atoms with Gasteiger partial charge in [-0.1, -0.05) is 25.0 Å². The van der Waals surface area contributed by atoms with Crippen LogP contribution in [0.4, 0.5) is 11.4 Å². The number of nitro benzene ring substituents is 1. The van der Waals surface area contributed by atoms with Gasteiger partial charge in [-0.2, -0.15) is 0 Å². The number of amides is 2. The number of nitrogens with zero attached hydrogens (tertiary/aromatic N) is 1. The maximum absolute atomic E-state index is 12.2. The van der Waals surface area contributed by atoms with Crippen molar-refractivity contribution >= 4 is 23.2 Å². The molecule has 2 amide bonds. The number of nitro groups is 1. The number of piperazine rings is 1. The molecule has 3 N–H and O–H groups in total. The SMILES string of the molecule is O=C(C[C@@H]1N[C@H]2CCCC[C@H]2NC1=O)Nc1ccccc1[N+](=O)[O-]. The molecule has 3 rings (SSSR count). The molecule has 0 spiro atoms. The largest absolute Gasteiger partial charge is 0.350 e. The third-order valence-electron chi connectivity index (χ3n) is 4.59. The molecular formula is C16H20N4O4. The smallest absolute Gasteiger partial charge is 0.292 e. The van der Waals surface area contributed by atoms with E-state index in [-0.39, 0.29) is 35.8 Å². The Labute approximate surface area is 139 Å². The van der Waals surface area contributed by atoms with E-state index in [1.807, 2.05) is 0 Å². The number of carbonyl (C=O) groups excluding carboxylic acids is 2. The highest BCUT2D eigenvalue weighted by molar-refractivity contribution is 5.97. The van der Waals surface area contributed by atoms with E-state index in [1.165, 1.54) is 18.2 Å². The number of benzene rings is 1. The van der Waals surface area contributed by atoms with Crippen LogP contribution in [0.15, 0.2) is 24.3 Å². The van der Waals surface area contributed by atoms with Gasteiger partial charge in [-0.3, -0.25) is 19.7 Å². The van der Waals surface area contributed by atoms with Gasteiger partial charge in [-0.15, -0.1) is 0 Å². The molecule has 1 aromatic carbocycles. The highest BCUT2D eigenvalue weighted by atomic mass is 16.6. The highest BCUT2D eigenvalue weighted by Gasteiger charge is 2.37. The first-order valence-electron chi connectivity index (χ1n) is 8.14. The fourth-order valence-electron chi connectivity index (χ4n) is 3.40. The molecule has 1 aliphatic carbocycles. The van der Waals surface area contributed by atoms with Crippen molar-refractivity contribution in [3.8, 4) is 0 Å². The molecule has 2 fully saturated rings. The van der Waals surface area contributed by atoms with Crippen molar-refractivity contribution < 1.29 is 14.5 Å². The van der Waals surface area contributed by atoms with Crippen LogP contribution in [0, 0.1) is 10.1 Å². The van der Waals surface area contributed by atoms with E-state index in [4.69, 9.17) is 0 Å². The Morgan fingerprint density at radius 1 is 1.25 bits per heavy atom. The van der Waals surface area contributed by atoms with Crippen LogP contribution in [-0.2, 0) is 9.59 Å². The molecule has 24 heavy (non-hydrogen) atoms. The first-order valence-corrected chi connectivity index (χ1v) is 8.14. The van der Waals surface area contributed by atoms with E-state index in [1.54, 1.807) is 6.07 Å². The van der Waals surface area contributed by atoms with E-state index in [9.17, 15) is 19.7 Å². The van der Waals surface area contributed by atoms with Crippen molar-refractivity contribution in [3.05, 3.63) is 34.4 Å². The van der Waals surface area contributed by atoms with Crippen molar-refractivity contribution in [2.24, 2.45) is 0 Å². The number of rotatable bonds is 4. The summed E-state index contributed by atoms with van der Waals surface area (Å²) in [6.45, 7) is 0. The quantitative estimate of drug-likeness (QED) is 0.568. The minimum Gasteiger partial charge on any atom is -0.350 e. The molecule has 1 saturated carbocycles. The minimum absolute atomic E-state index is 0.0545. The average Bonchev–Trinajstić information content (AvgIpc) is 2.55. The molecule has 1 heterocycles. The van der Waals surface area contributed by atoms with Crippen LogP contribution in [0.25, 0.3) is 0 Å². The predicted molar refractivity (Wildman–Crippen MR) is 87.5 cm³/mol. The Kier molecular flexibility index (Phi) is 4.75. The summed E-state index contributed by atoms with van der Waals surface area (Å²) in [7, 11) is 0. The second-order valence-corrected chi connectivity index (χ2v) is 6.25. The van der Waals surface area contributed by atoms with Crippen LogP contribution in [0.2, 0.25) is 0 Å². The molecule has 8 nitrogen and oxygen atoms in total. The maximum Gasteiger partial charge on any atom is 0.292 e. The number of para-hydroxylation sites is 2. The lowest BCUT2D eigenvalue weighted by atomic mass is 9.87. The molecule has 1 saturated heterocycles. The lowest BCUT2D eigenvalue weighted by molar-refractivity contribution is -0.383. The van der Waals surface area contributed by atoms with Gasteiger partial charge in [0.15, 0.2) is 0 Å². The normalized spacial score (nSPS) is 26.2. The Balaban J connectivity index is 1.63. The monoisotopic (exact) mass is 332 g/mol. The molecule has 1 aromatic rings. The van der Waals surface area contributed by atoms with Gasteiger partial charge in [0.1, 0.15) is 5.69 Å². The van der Waals surface area contributed by atoms with Crippen molar-refractivity contribution in [2.45, 2.75) is 50.2 Å². The highest BCUT2D eigenvalue weighted by Crippen LogP contribution is 2.25. The summed E-state index contributed by atoms with van der Waals surface area (Å²) < 4.78 is 0. The molecule has 0 radical (unpaired) electrons. The zero-order valence-corrected chi connectivity index (χ0v) is 13.2. The number of hydrogen-bond acceptors (Lipinski definition) is 5. The lowest BCUT2D eigenvalue weighted by Crippen LogP contribution is -2.65. The topological polar surface area (TPSA) is 113 Å². The van der Waals surface area contributed by atoms with E-state index >= 15 is 0 Å². The van der Waals surface area contributed by atoms with E-state index < -0.39 is 16.9 Å². The van der Waals surface area contributed by atoms with Crippen LogP contribution < -0.4 is 16.0 Å². The van der Waals surface area contributed by atoms with Gasteiger partial charge < -0.3 is 16.0 Å². The Morgan fingerprint density at radius 3 is 2.71 bits per heavy atom. The third-order valence-corrected chi connectivity index (χ3v) is 4.59. The van der Waals surface area contributed by atoms with E-state index in [0.717, 1.165) is 25.7 Å². The van der Waals surface area contributed by atoms with Crippen LogP contribution >= 0.6 is 0 Å². The number of fused-ring (bicyclic) bond motifs is 1. The first kappa shape index (κ1) is 16.4. The summed E-state index contributed by atoms with van der Waals surface area (Å²) in [6.07, 6.45) is 4.10. The van der Waals surface area contributed by atoms with Crippen molar-refractivity contribution in [2.75, 3.05) is 5.32 Å². The van der Waals surface area contributed by atoms with Crippen LogP contribution in [0.5, 0.6) is 0 Å². The number of anilines is 1. The van der Waals surface area contributed by atoms with Gasteiger partial charge in [0.2, 0.25) is 11.8 Å². The Hall–Kier alpha value is -2.48. The molecule has 0 bridgehead atoms. The fraction of sp³-hybridized carbons (Fsp3) is 0.500. The molecule has 8 heteroatoms. The van der Waals surface area contributed by atoms with Gasteiger partial charge in [-0.05, 0) is 18.9 Å². The van der Waals surface area contributed by atoms with Gasteiger partial charge >= 0.3 is 0 Å². The zero-order chi connectivity index (χ0) is 17.1. The van der Waals surface area contributed by atoms with Crippen molar-refractivity contribution in [1.29, 1.82) is 0 Å². The molecule has 0 unspecified atom stereocenters. The maximum atomic E-state index is 12.2. The van der Waals surface area contributed by atoms with Crippen LogP contribution in [0.3, 0.4) is 0 Å².